The van der Waals surface area contributed by atoms with Crippen LogP contribution in [0.4, 0.5) is 0 Å². The molecule has 2 amide bonds. The van der Waals surface area contributed by atoms with Gasteiger partial charge in [-0.3, -0.25) is 9.59 Å². The number of rotatable bonds is 7. The Bertz CT molecular complexity index is 209. The van der Waals surface area contributed by atoms with Gasteiger partial charge in [0.1, 0.15) is 0 Å². The maximum atomic E-state index is 11.5. The molecule has 0 bridgehead atoms. The first-order valence-corrected chi connectivity index (χ1v) is 5.31. The molecular weight excluding hydrogens is 212 g/mol. The van der Waals surface area contributed by atoms with Crippen LogP contribution in [0, 0.1) is 11.8 Å². The SMILES string of the molecule is CC(C(=O)NCCO)C(C)C(=O)NCCO. The summed E-state index contributed by atoms with van der Waals surface area (Å²) in [6.07, 6.45) is 0. The van der Waals surface area contributed by atoms with Crippen molar-refractivity contribution in [2.24, 2.45) is 11.8 Å². The summed E-state index contributed by atoms with van der Waals surface area (Å²) in [5, 5.41) is 22.1. The Morgan fingerprint density at radius 2 is 1.25 bits per heavy atom. The minimum absolute atomic E-state index is 0.121. The van der Waals surface area contributed by atoms with Crippen LogP contribution in [0.5, 0.6) is 0 Å². The van der Waals surface area contributed by atoms with E-state index < -0.39 is 11.8 Å². The monoisotopic (exact) mass is 232 g/mol. The first-order valence-electron chi connectivity index (χ1n) is 5.31. The molecular formula is C10H20N2O4. The zero-order valence-electron chi connectivity index (χ0n) is 9.69. The molecule has 0 fully saturated rings. The molecule has 0 saturated carbocycles. The molecule has 0 aromatic heterocycles. The number of aliphatic hydroxyl groups is 2. The Morgan fingerprint density at radius 3 is 1.50 bits per heavy atom. The fourth-order valence-corrected chi connectivity index (χ4v) is 1.13. The van der Waals surface area contributed by atoms with Gasteiger partial charge in [0.15, 0.2) is 0 Å². The fourth-order valence-electron chi connectivity index (χ4n) is 1.13. The lowest BCUT2D eigenvalue weighted by Gasteiger charge is -2.18. The fraction of sp³-hybridized carbons (Fsp3) is 0.800. The molecule has 0 radical (unpaired) electrons. The highest BCUT2D eigenvalue weighted by Gasteiger charge is 2.25. The van der Waals surface area contributed by atoms with Crippen LogP contribution < -0.4 is 10.6 Å². The smallest absolute Gasteiger partial charge is 0.223 e. The molecule has 16 heavy (non-hydrogen) atoms. The highest BCUT2D eigenvalue weighted by Crippen LogP contribution is 2.10. The van der Waals surface area contributed by atoms with Gasteiger partial charge in [-0.25, -0.2) is 0 Å². The predicted molar refractivity (Wildman–Crippen MR) is 58.5 cm³/mol. The molecule has 6 heteroatoms. The van der Waals surface area contributed by atoms with Gasteiger partial charge in [0.05, 0.1) is 13.2 Å². The standard InChI is InChI=1S/C10H20N2O4/c1-7(9(15)11-3-5-13)8(2)10(16)12-4-6-14/h7-8,13-14H,3-6H2,1-2H3,(H,11,15)(H,12,16). The summed E-state index contributed by atoms with van der Waals surface area (Å²) in [5.74, 6) is -1.46. The highest BCUT2D eigenvalue weighted by atomic mass is 16.3. The summed E-state index contributed by atoms with van der Waals surface area (Å²) in [4.78, 5) is 22.9. The zero-order valence-corrected chi connectivity index (χ0v) is 9.69. The van der Waals surface area contributed by atoms with Crippen molar-refractivity contribution in [1.82, 2.24) is 10.6 Å². The Labute approximate surface area is 95.0 Å². The van der Waals surface area contributed by atoms with Crippen molar-refractivity contribution >= 4 is 11.8 Å². The highest BCUT2D eigenvalue weighted by molar-refractivity contribution is 5.87. The summed E-state index contributed by atoms with van der Waals surface area (Å²) < 4.78 is 0. The van der Waals surface area contributed by atoms with E-state index in [2.05, 4.69) is 10.6 Å². The molecule has 0 aliphatic rings. The molecule has 0 aromatic carbocycles. The van der Waals surface area contributed by atoms with Crippen LogP contribution in [0.2, 0.25) is 0 Å². The molecule has 0 heterocycles. The molecule has 0 spiro atoms. The van der Waals surface area contributed by atoms with Gasteiger partial charge in [-0.05, 0) is 0 Å². The lowest BCUT2D eigenvalue weighted by atomic mass is 9.94. The minimum Gasteiger partial charge on any atom is -0.395 e. The summed E-state index contributed by atoms with van der Waals surface area (Å²) in [6, 6.07) is 0. The van der Waals surface area contributed by atoms with Crippen molar-refractivity contribution in [1.29, 1.82) is 0 Å². The van der Waals surface area contributed by atoms with Gasteiger partial charge >= 0.3 is 0 Å². The van der Waals surface area contributed by atoms with Crippen LogP contribution in [0.15, 0.2) is 0 Å². The van der Waals surface area contributed by atoms with E-state index in [1.54, 1.807) is 13.8 Å². The normalized spacial score (nSPS) is 14.0. The lowest BCUT2D eigenvalue weighted by molar-refractivity contribution is -0.133. The average Bonchev–Trinajstić information content (AvgIpc) is 2.30. The average molecular weight is 232 g/mol. The number of hydrogen-bond donors (Lipinski definition) is 4. The molecule has 2 unspecified atom stereocenters. The Kier molecular flexibility index (Phi) is 7.49. The van der Waals surface area contributed by atoms with Crippen LogP contribution in [-0.4, -0.2) is 48.3 Å². The predicted octanol–water partition coefficient (Wildman–Crippen LogP) is -1.52. The van der Waals surface area contributed by atoms with Crippen LogP contribution >= 0.6 is 0 Å². The maximum Gasteiger partial charge on any atom is 0.223 e. The van der Waals surface area contributed by atoms with E-state index in [0.717, 1.165) is 0 Å². The van der Waals surface area contributed by atoms with Gasteiger partial charge in [0.2, 0.25) is 11.8 Å². The molecule has 0 aliphatic heterocycles. The maximum absolute atomic E-state index is 11.5. The summed E-state index contributed by atoms with van der Waals surface area (Å²) in [5.41, 5.74) is 0. The van der Waals surface area contributed by atoms with Crippen molar-refractivity contribution in [3.8, 4) is 0 Å². The van der Waals surface area contributed by atoms with Crippen LogP contribution in [0.25, 0.3) is 0 Å². The topological polar surface area (TPSA) is 98.7 Å². The Morgan fingerprint density at radius 1 is 0.938 bits per heavy atom. The summed E-state index contributed by atoms with van der Waals surface area (Å²) in [7, 11) is 0. The molecule has 0 saturated heterocycles. The summed E-state index contributed by atoms with van der Waals surface area (Å²) >= 11 is 0. The second kappa shape index (κ2) is 8.06. The van der Waals surface area contributed by atoms with Gasteiger partial charge in [0, 0.05) is 24.9 Å². The van der Waals surface area contributed by atoms with Crippen molar-refractivity contribution in [2.45, 2.75) is 13.8 Å². The molecule has 2 atom stereocenters. The molecule has 0 rings (SSSR count). The lowest BCUT2D eigenvalue weighted by Crippen LogP contribution is -2.41. The van der Waals surface area contributed by atoms with Crippen molar-refractivity contribution in [3.63, 3.8) is 0 Å². The third-order valence-electron chi connectivity index (χ3n) is 2.40. The van der Waals surface area contributed by atoms with Gasteiger partial charge in [-0.1, -0.05) is 13.8 Å². The second-order valence-electron chi connectivity index (χ2n) is 3.61. The van der Waals surface area contributed by atoms with Crippen LogP contribution in [-0.2, 0) is 9.59 Å². The van der Waals surface area contributed by atoms with Crippen LogP contribution in [0.3, 0.4) is 0 Å². The van der Waals surface area contributed by atoms with Crippen molar-refractivity contribution < 1.29 is 19.8 Å². The van der Waals surface area contributed by atoms with E-state index in [-0.39, 0.29) is 38.1 Å². The van der Waals surface area contributed by atoms with E-state index >= 15 is 0 Å². The summed E-state index contributed by atoms with van der Waals surface area (Å²) in [6.45, 7) is 3.43. The first kappa shape index (κ1) is 14.9. The third-order valence-corrected chi connectivity index (χ3v) is 2.40. The van der Waals surface area contributed by atoms with Gasteiger partial charge < -0.3 is 20.8 Å². The number of amides is 2. The molecule has 4 N–H and O–H groups in total. The van der Waals surface area contributed by atoms with Crippen molar-refractivity contribution in [2.75, 3.05) is 26.3 Å². The van der Waals surface area contributed by atoms with E-state index in [4.69, 9.17) is 10.2 Å². The van der Waals surface area contributed by atoms with Crippen LogP contribution in [0.1, 0.15) is 13.8 Å². The van der Waals surface area contributed by atoms with E-state index in [1.165, 1.54) is 0 Å². The van der Waals surface area contributed by atoms with Gasteiger partial charge in [-0.2, -0.15) is 0 Å². The quantitative estimate of drug-likeness (QED) is 0.428. The number of carbonyl (C=O) groups excluding carboxylic acids is 2. The Hall–Kier alpha value is -1.14. The van der Waals surface area contributed by atoms with Gasteiger partial charge in [-0.15, -0.1) is 0 Å². The number of aliphatic hydroxyl groups excluding tert-OH is 2. The second-order valence-corrected chi connectivity index (χ2v) is 3.61. The van der Waals surface area contributed by atoms with E-state index in [1.807, 2.05) is 0 Å². The van der Waals surface area contributed by atoms with Crippen molar-refractivity contribution in [3.05, 3.63) is 0 Å². The van der Waals surface area contributed by atoms with E-state index in [9.17, 15) is 9.59 Å². The third kappa shape index (κ3) is 5.09. The first-order chi connectivity index (χ1) is 7.54. The largest absolute Gasteiger partial charge is 0.395 e. The zero-order chi connectivity index (χ0) is 12.6. The van der Waals surface area contributed by atoms with Gasteiger partial charge in [0.25, 0.3) is 0 Å². The number of carbonyl (C=O) groups is 2. The molecule has 0 aromatic rings. The molecule has 0 aliphatic carbocycles. The number of nitrogens with one attached hydrogen (secondary N) is 2. The molecule has 6 nitrogen and oxygen atoms in total. The minimum atomic E-state index is -0.467. The molecule has 94 valence electrons. The van der Waals surface area contributed by atoms with E-state index in [0.29, 0.717) is 0 Å². The number of hydrogen-bond acceptors (Lipinski definition) is 4. The Balaban J connectivity index is 4.09.